The number of ether oxygens (including phenoxy) is 2. The first kappa shape index (κ1) is 25.0. The lowest BCUT2D eigenvalue weighted by Gasteiger charge is -2.25. The lowest BCUT2D eigenvalue weighted by atomic mass is 9.95. The molecule has 3 aromatic rings. The van der Waals surface area contributed by atoms with Crippen molar-refractivity contribution in [2.45, 2.75) is 32.2 Å². The highest BCUT2D eigenvalue weighted by atomic mass is 19.1. The molecule has 186 valence electrons. The lowest BCUT2D eigenvalue weighted by Crippen LogP contribution is -2.29. The van der Waals surface area contributed by atoms with E-state index in [0.717, 1.165) is 19.3 Å². The molecule has 1 saturated heterocycles. The molecule has 6 nitrogen and oxygen atoms in total. The summed E-state index contributed by atoms with van der Waals surface area (Å²) in [6, 6.07) is 18.0. The van der Waals surface area contributed by atoms with E-state index in [1.807, 2.05) is 0 Å². The van der Waals surface area contributed by atoms with Crippen LogP contribution in [0.15, 0.2) is 78.4 Å². The number of Topliss-reactive ketones (excluding diaryl/α,β-unsaturated/α-hetero) is 1. The van der Waals surface area contributed by atoms with Gasteiger partial charge in [0.25, 0.3) is 11.7 Å². The first-order valence-corrected chi connectivity index (χ1v) is 11.9. The van der Waals surface area contributed by atoms with Gasteiger partial charge in [0.2, 0.25) is 0 Å². The predicted molar refractivity (Wildman–Crippen MR) is 136 cm³/mol. The standard InChI is InChI=1S/C29H28FNO5/c1-3-4-5-17-36-23-15-11-20(12-16-23)27(32)25-26(19-9-13-21(30)14-10-19)31(29(34)28(25)33)22-7-6-8-24(18-22)35-2/h6-16,18,26,32H,3-5,17H2,1-2H3/b27-25+. The molecular formula is C29H28FNO5. The van der Waals surface area contributed by atoms with Gasteiger partial charge in [-0.25, -0.2) is 4.39 Å². The van der Waals surface area contributed by atoms with Gasteiger partial charge in [0, 0.05) is 17.3 Å². The summed E-state index contributed by atoms with van der Waals surface area (Å²) < 4.78 is 24.7. The summed E-state index contributed by atoms with van der Waals surface area (Å²) in [5.41, 5.74) is 1.19. The Labute approximate surface area is 209 Å². The van der Waals surface area contributed by atoms with Crippen LogP contribution >= 0.6 is 0 Å². The Balaban J connectivity index is 1.76. The van der Waals surface area contributed by atoms with Gasteiger partial charge in [0.05, 0.1) is 25.3 Å². The third kappa shape index (κ3) is 5.10. The molecule has 0 radical (unpaired) electrons. The monoisotopic (exact) mass is 489 g/mol. The average Bonchev–Trinajstić information content (AvgIpc) is 3.17. The quantitative estimate of drug-likeness (QED) is 0.172. The highest BCUT2D eigenvalue weighted by Gasteiger charge is 2.47. The molecule has 4 rings (SSSR count). The Morgan fingerprint density at radius 3 is 2.36 bits per heavy atom. The molecule has 1 fully saturated rings. The maximum absolute atomic E-state index is 13.7. The van der Waals surface area contributed by atoms with Crippen LogP contribution in [0.3, 0.4) is 0 Å². The molecule has 3 aromatic carbocycles. The zero-order chi connectivity index (χ0) is 25.7. The van der Waals surface area contributed by atoms with E-state index in [0.29, 0.717) is 34.9 Å². The van der Waals surface area contributed by atoms with Crippen LogP contribution in [0.5, 0.6) is 11.5 Å². The average molecular weight is 490 g/mol. The molecule has 1 unspecified atom stereocenters. The summed E-state index contributed by atoms with van der Waals surface area (Å²) in [6.45, 7) is 2.71. The summed E-state index contributed by atoms with van der Waals surface area (Å²) >= 11 is 0. The van der Waals surface area contributed by atoms with Crippen molar-refractivity contribution >= 4 is 23.1 Å². The van der Waals surface area contributed by atoms with Crippen molar-refractivity contribution in [3.63, 3.8) is 0 Å². The highest BCUT2D eigenvalue weighted by Crippen LogP contribution is 2.42. The highest BCUT2D eigenvalue weighted by molar-refractivity contribution is 6.51. The molecule has 7 heteroatoms. The maximum atomic E-state index is 13.7. The van der Waals surface area contributed by atoms with Crippen molar-refractivity contribution in [3.8, 4) is 11.5 Å². The van der Waals surface area contributed by atoms with E-state index in [1.54, 1.807) is 48.5 Å². The van der Waals surface area contributed by atoms with E-state index in [4.69, 9.17) is 9.47 Å². The molecule has 0 spiro atoms. The minimum Gasteiger partial charge on any atom is -0.507 e. The molecule has 1 atom stereocenters. The number of halogens is 1. The number of hydrogen-bond acceptors (Lipinski definition) is 5. The Hall–Kier alpha value is -4.13. The zero-order valence-electron chi connectivity index (χ0n) is 20.2. The molecule has 0 aromatic heterocycles. The van der Waals surface area contributed by atoms with Crippen LogP contribution in [0, 0.1) is 5.82 Å². The number of nitrogens with zero attached hydrogens (tertiary/aromatic N) is 1. The van der Waals surface area contributed by atoms with Crippen molar-refractivity contribution in [1.82, 2.24) is 0 Å². The number of amides is 1. The molecule has 36 heavy (non-hydrogen) atoms. The number of anilines is 1. The van der Waals surface area contributed by atoms with Crippen LogP contribution < -0.4 is 14.4 Å². The van der Waals surface area contributed by atoms with Crippen LogP contribution in [-0.4, -0.2) is 30.5 Å². The summed E-state index contributed by atoms with van der Waals surface area (Å²) in [5, 5.41) is 11.2. The largest absolute Gasteiger partial charge is 0.507 e. The van der Waals surface area contributed by atoms with Crippen LogP contribution in [0.2, 0.25) is 0 Å². The number of aliphatic hydroxyl groups is 1. The van der Waals surface area contributed by atoms with Gasteiger partial charge < -0.3 is 14.6 Å². The minimum atomic E-state index is -0.956. The van der Waals surface area contributed by atoms with Crippen molar-refractivity contribution in [2.24, 2.45) is 0 Å². The Morgan fingerprint density at radius 2 is 1.69 bits per heavy atom. The second-order valence-electron chi connectivity index (χ2n) is 8.50. The van der Waals surface area contributed by atoms with Gasteiger partial charge in [-0.1, -0.05) is 38.0 Å². The van der Waals surface area contributed by atoms with Crippen molar-refractivity contribution in [2.75, 3.05) is 18.6 Å². The summed E-state index contributed by atoms with van der Waals surface area (Å²) in [4.78, 5) is 27.8. The fourth-order valence-corrected chi connectivity index (χ4v) is 4.23. The lowest BCUT2D eigenvalue weighted by molar-refractivity contribution is -0.132. The second kappa shape index (κ2) is 11.1. The van der Waals surface area contributed by atoms with Gasteiger partial charge in [-0.2, -0.15) is 0 Å². The van der Waals surface area contributed by atoms with Crippen LogP contribution in [0.1, 0.15) is 43.4 Å². The second-order valence-corrected chi connectivity index (χ2v) is 8.50. The molecule has 1 aliphatic heterocycles. The van der Waals surface area contributed by atoms with E-state index < -0.39 is 23.5 Å². The molecule has 1 aliphatic rings. The summed E-state index contributed by atoms with van der Waals surface area (Å²) in [5.74, 6) is -1.24. The number of methoxy groups -OCH3 is 1. The molecule has 1 heterocycles. The number of ketones is 1. The maximum Gasteiger partial charge on any atom is 0.300 e. The molecule has 1 amide bonds. The summed E-state index contributed by atoms with van der Waals surface area (Å²) in [7, 11) is 1.50. The third-order valence-corrected chi connectivity index (χ3v) is 6.11. The van der Waals surface area contributed by atoms with Gasteiger partial charge in [-0.05, 0) is 60.5 Å². The van der Waals surface area contributed by atoms with Crippen LogP contribution in [0.4, 0.5) is 10.1 Å². The number of aliphatic hydroxyl groups excluding tert-OH is 1. The number of unbranched alkanes of at least 4 members (excludes halogenated alkanes) is 2. The van der Waals surface area contributed by atoms with E-state index >= 15 is 0 Å². The van der Waals surface area contributed by atoms with Gasteiger partial charge in [-0.3, -0.25) is 14.5 Å². The Morgan fingerprint density at radius 1 is 0.972 bits per heavy atom. The molecule has 0 saturated carbocycles. The number of carbonyl (C=O) groups excluding carboxylic acids is 2. The number of rotatable bonds is 9. The minimum absolute atomic E-state index is 0.0777. The molecule has 1 N–H and O–H groups in total. The number of benzene rings is 3. The zero-order valence-corrected chi connectivity index (χ0v) is 20.2. The normalized spacial score (nSPS) is 16.9. The third-order valence-electron chi connectivity index (χ3n) is 6.11. The van der Waals surface area contributed by atoms with Gasteiger partial charge in [0.1, 0.15) is 23.1 Å². The molecular weight excluding hydrogens is 461 g/mol. The van der Waals surface area contributed by atoms with Gasteiger partial charge >= 0.3 is 0 Å². The number of hydrogen-bond donors (Lipinski definition) is 1. The molecule has 0 bridgehead atoms. The van der Waals surface area contributed by atoms with Crippen molar-refractivity contribution in [1.29, 1.82) is 0 Å². The van der Waals surface area contributed by atoms with Crippen molar-refractivity contribution < 1.29 is 28.6 Å². The van der Waals surface area contributed by atoms with Gasteiger partial charge in [0.15, 0.2) is 0 Å². The fraction of sp³-hybridized carbons (Fsp3) is 0.241. The Bertz CT molecular complexity index is 1270. The topological polar surface area (TPSA) is 76.1 Å². The van der Waals surface area contributed by atoms with Crippen LogP contribution in [0.25, 0.3) is 5.76 Å². The SMILES string of the molecule is CCCCCOc1ccc(/C(O)=C2\C(=O)C(=O)N(c3cccc(OC)c3)C2c2ccc(F)cc2)cc1. The van der Waals surface area contributed by atoms with Crippen LogP contribution in [-0.2, 0) is 9.59 Å². The van der Waals surface area contributed by atoms with Crippen molar-refractivity contribution in [3.05, 3.63) is 95.3 Å². The van der Waals surface area contributed by atoms with E-state index in [9.17, 15) is 19.1 Å². The van der Waals surface area contributed by atoms with Gasteiger partial charge in [-0.15, -0.1) is 0 Å². The van der Waals surface area contributed by atoms with E-state index in [2.05, 4.69) is 6.92 Å². The molecule has 0 aliphatic carbocycles. The first-order valence-electron chi connectivity index (χ1n) is 11.9. The van der Waals surface area contributed by atoms with E-state index in [1.165, 1.54) is 36.3 Å². The fourth-order valence-electron chi connectivity index (χ4n) is 4.23. The smallest absolute Gasteiger partial charge is 0.300 e. The number of carbonyl (C=O) groups is 2. The van der Waals surface area contributed by atoms with E-state index in [-0.39, 0.29) is 11.3 Å². The first-order chi connectivity index (χ1) is 17.4. The Kier molecular flexibility index (Phi) is 7.68. The summed E-state index contributed by atoms with van der Waals surface area (Å²) in [6.07, 6.45) is 3.12. The predicted octanol–water partition coefficient (Wildman–Crippen LogP) is 6.03.